The van der Waals surface area contributed by atoms with E-state index in [9.17, 15) is 4.79 Å². The highest BCUT2D eigenvalue weighted by atomic mass is 35.5. The van der Waals surface area contributed by atoms with E-state index in [1.165, 1.54) is 12.7 Å². The lowest BCUT2D eigenvalue weighted by atomic mass is 9.79. The van der Waals surface area contributed by atoms with Gasteiger partial charge in [0.05, 0.1) is 13.2 Å². The maximum atomic E-state index is 11.8. The van der Waals surface area contributed by atoms with Gasteiger partial charge in [0.2, 0.25) is 0 Å². The van der Waals surface area contributed by atoms with Crippen molar-refractivity contribution in [2.24, 2.45) is 13.0 Å². The van der Waals surface area contributed by atoms with Gasteiger partial charge in [-0.1, -0.05) is 23.8 Å². The van der Waals surface area contributed by atoms with Gasteiger partial charge in [0.1, 0.15) is 5.82 Å². The quantitative estimate of drug-likeness (QED) is 0.667. The molecule has 0 fully saturated rings. The standard InChI is InChI=1S/C18H18ClN3O2/c1-22-9-15(18(23)24-2)21-17(22)16-12-5-3-4-11(12)13-8-10(19)6-7-14(13)20-16/h3-4,6-9,11-12,16,20H,5H2,1-2H3. The molecule has 0 saturated carbocycles. The van der Waals surface area contributed by atoms with E-state index in [0.29, 0.717) is 17.5 Å². The molecule has 1 N–H and O–H groups in total. The van der Waals surface area contributed by atoms with Gasteiger partial charge < -0.3 is 14.6 Å². The van der Waals surface area contributed by atoms with Crippen LogP contribution >= 0.6 is 11.6 Å². The van der Waals surface area contributed by atoms with Gasteiger partial charge in [0, 0.05) is 35.8 Å². The van der Waals surface area contributed by atoms with Gasteiger partial charge in [0.25, 0.3) is 0 Å². The van der Waals surface area contributed by atoms with Crippen molar-refractivity contribution in [1.82, 2.24) is 9.55 Å². The number of ether oxygens (including phenoxy) is 1. The average molecular weight is 344 g/mol. The summed E-state index contributed by atoms with van der Waals surface area (Å²) < 4.78 is 6.69. The lowest BCUT2D eigenvalue weighted by Gasteiger charge is -2.36. The number of esters is 1. The second-order valence-corrected chi connectivity index (χ2v) is 6.73. The summed E-state index contributed by atoms with van der Waals surface area (Å²) in [5, 5.41) is 4.34. The van der Waals surface area contributed by atoms with E-state index in [4.69, 9.17) is 16.3 Å². The van der Waals surface area contributed by atoms with Crippen molar-refractivity contribution in [3.63, 3.8) is 0 Å². The number of carbonyl (C=O) groups is 1. The van der Waals surface area contributed by atoms with Crippen LogP contribution in [0.4, 0.5) is 5.69 Å². The van der Waals surface area contributed by atoms with Gasteiger partial charge in [-0.2, -0.15) is 0 Å². The SMILES string of the molecule is COC(=O)c1cn(C)c(C2Nc3ccc(Cl)cc3C3C=CCC32)n1. The van der Waals surface area contributed by atoms with Crippen LogP contribution in [0.3, 0.4) is 0 Å². The van der Waals surface area contributed by atoms with Crippen LogP contribution in [-0.4, -0.2) is 22.6 Å². The average Bonchev–Trinajstić information content (AvgIpc) is 3.20. The van der Waals surface area contributed by atoms with E-state index in [1.807, 2.05) is 29.8 Å². The minimum atomic E-state index is -0.416. The Labute approximate surface area is 145 Å². The first kappa shape index (κ1) is 15.3. The summed E-state index contributed by atoms with van der Waals surface area (Å²) in [6, 6.07) is 5.96. The largest absolute Gasteiger partial charge is 0.464 e. The second kappa shape index (κ2) is 5.67. The zero-order valence-electron chi connectivity index (χ0n) is 13.5. The molecule has 5 nitrogen and oxygen atoms in total. The Hall–Kier alpha value is -2.27. The minimum absolute atomic E-state index is 0.0297. The van der Waals surface area contributed by atoms with Gasteiger partial charge in [-0.25, -0.2) is 9.78 Å². The van der Waals surface area contributed by atoms with Crippen LogP contribution in [-0.2, 0) is 11.8 Å². The number of benzene rings is 1. The molecule has 6 heteroatoms. The monoisotopic (exact) mass is 343 g/mol. The molecular formula is C18H18ClN3O2. The third-order valence-corrected chi connectivity index (χ3v) is 5.14. The smallest absolute Gasteiger partial charge is 0.358 e. The number of methoxy groups -OCH3 is 1. The number of carbonyl (C=O) groups excluding carboxylic acids is 1. The molecule has 1 aromatic carbocycles. The highest BCUT2D eigenvalue weighted by Gasteiger charge is 2.40. The first-order valence-electron chi connectivity index (χ1n) is 7.92. The van der Waals surface area contributed by atoms with Crippen molar-refractivity contribution in [3.05, 3.63) is 58.7 Å². The fourth-order valence-corrected chi connectivity index (χ4v) is 3.97. The summed E-state index contributed by atoms with van der Waals surface area (Å²) in [7, 11) is 3.28. The number of allylic oxidation sites excluding steroid dienone is 2. The Bertz CT molecular complexity index is 843. The van der Waals surface area contributed by atoms with Gasteiger partial charge in [0.15, 0.2) is 5.69 Å². The molecule has 0 spiro atoms. The molecule has 3 unspecified atom stereocenters. The molecule has 0 amide bonds. The summed E-state index contributed by atoms with van der Waals surface area (Å²) in [5.74, 6) is 1.08. The second-order valence-electron chi connectivity index (χ2n) is 6.29. The van der Waals surface area contributed by atoms with Crippen LogP contribution < -0.4 is 5.32 Å². The third kappa shape index (κ3) is 2.31. The number of nitrogens with zero attached hydrogens (tertiary/aromatic N) is 2. The lowest BCUT2D eigenvalue weighted by molar-refractivity contribution is 0.0594. The summed E-state index contributed by atoms with van der Waals surface area (Å²) in [6.45, 7) is 0. The number of anilines is 1. The first-order valence-corrected chi connectivity index (χ1v) is 8.30. The van der Waals surface area contributed by atoms with Crippen molar-refractivity contribution in [2.75, 3.05) is 12.4 Å². The summed E-state index contributed by atoms with van der Waals surface area (Å²) in [5.41, 5.74) is 2.63. The molecule has 2 aromatic rings. The van der Waals surface area contributed by atoms with E-state index in [-0.39, 0.29) is 6.04 Å². The number of halogens is 1. The number of aryl methyl sites for hydroxylation is 1. The van der Waals surface area contributed by atoms with E-state index >= 15 is 0 Å². The fourth-order valence-electron chi connectivity index (χ4n) is 3.79. The summed E-state index contributed by atoms with van der Waals surface area (Å²) in [4.78, 5) is 16.3. The minimum Gasteiger partial charge on any atom is -0.464 e. The number of hydrogen-bond acceptors (Lipinski definition) is 4. The van der Waals surface area contributed by atoms with Crippen LogP contribution in [0.1, 0.15) is 40.3 Å². The van der Waals surface area contributed by atoms with Crippen molar-refractivity contribution in [1.29, 1.82) is 0 Å². The maximum absolute atomic E-state index is 11.8. The molecule has 4 rings (SSSR count). The van der Waals surface area contributed by atoms with E-state index in [2.05, 4.69) is 22.5 Å². The van der Waals surface area contributed by atoms with Crippen molar-refractivity contribution < 1.29 is 9.53 Å². The van der Waals surface area contributed by atoms with Gasteiger partial charge in [-0.3, -0.25) is 0 Å². The van der Waals surface area contributed by atoms with Crippen LogP contribution in [0.2, 0.25) is 5.02 Å². The fraction of sp³-hybridized carbons (Fsp3) is 0.333. The first-order chi connectivity index (χ1) is 11.6. The van der Waals surface area contributed by atoms with Crippen molar-refractivity contribution in [2.45, 2.75) is 18.4 Å². The van der Waals surface area contributed by atoms with Gasteiger partial charge in [-0.15, -0.1) is 0 Å². The molecule has 2 aliphatic rings. The topological polar surface area (TPSA) is 56.1 Å². The summed E-state index contributed by atoms with van der Waals surface area (Å²) >= 11 is 6.18. The lowest BCUT2D eigenvalue weighted by Crippen LogP contribution is -2.31. The Morgan fingerprint density at radius 2 is 2.29 bits per heavy atom. The zero-order valence-corrected chi connectivity index (χ0v) is 14.2. The Morgan fingerprint density at radius 1 is 1.46 bits per heavy atom. The Morgan fingerprint density at radius 3 is 3.08 bits per heavy atom. The number of aromatic nitrogens is 2. The van der Waals surface area contributed by atoms with Gasteiger partial charge in [-0.05, 0) is 30.2 Å². The molecule has 1 aromatic heterocycles. The number of nitrogens with one attached hydrogen (secondary N) is 1. The predicted octanol–water partition coefficient (Wildman–Crippen LogP) is 3.69. The van der Waals surface area contributed by atoms with Crippen LogP contribution in [0.25, 0.3) is 0 Å². The van der Waals surface area contributed by atoms with E-state index in [1.54, 1.807) is 6.20 Å². The molecular weight excluding hydrogens is 326 g/mol. The van der Waals surface area contributed by atoms with Crippen LogP contribution in [0.5, 0.6) is 0 Å². The van der Waals surface area contributed by atoms with Gasteiger partial charge >= 0.3 is 5.97 Å². The van der Waals surface area contributed by atoms with Crippen LogP contribution in [0, 0.1) is 5.92 Å². The van der Waals surface area contributed by atoms with E-state index in [0.717, 1.165) is 23.0 Å². The van der Waals surface area contributed by atoms with Crippen LogP contribution in [0.15, 0.2) is 36.5 Å². The normalized spacial score (nSPS) is 24.2. The molecule has 0 radical (unpaired) electrons. The Kier molecular flexibility index (Phi) is 3.61. The number of imidazole rings is 1. The van der Waals surface area contributed by atoms with Crippen molar-refractivity contribution >= 4 is 23.3 Å². The molecule has 1 aliphatic heterocycles. The number of fused-ring (bicyclic) bond motifs is 3. The third-order valence-electron chi connectivity index (χ3n) is 4.91. The molecule has 2 heterocycles. The molecule has 3 atom stereocenters. The molecule has 0 bridgehead atoms. The number of hydrogen-bond donors (Lipinski definition) is 1. The highest BCUT2D eigenvalue weighted by molar-refractivity contribution is 6.30. The van der Waals surface area contributed by atoms with E-state index < -0.39 is 5.97 Å². The predicted molar refractivity (Wildman–Crippen MR) is 92.4 cm³/mol. The number of rotatable bonds is 2. The zero-order chi connectivity index (χ0) is 16.8. The molecule has 0 saturated heterocycles. The molecule has 124 valence electrons. The summed E-state index contributed by atoms with van der Waals surface area (Å²) in [6.07, 6.45) is 7.15. The van der Waals surface area contributed by atoms with Crippen molar-refractivity contribution in [3.8, 4) is 0 Å². The highest BCUT2D eigenvalue weighted by Crippen LogP contribution is 2.49. The molecule has 24 heavy (non-hydrogen) atoms. The Balaban J connectivity index is 1.76. The molecule has 1 aliphatic carbocycles. The maximum Gasteiger partial charge on any atom is 0.358 e.